The van der Waals surface area contributed by atoms with Crippen molar-refractivity contribution in [3.63, 3.8) is 0 Å². The van der Waals surface area contributed by atoms with E-state index in [9.17, 15) is 5.11 Å². The first-order chi connectivity index (χ1) is 9.20. The smallest absolute Gasteiger partial charge is 0.0639 e. The van der Waals surface area contributed by atoms with Gasteiger partial charge in [0.2, 0.25) is 0 Å². The molecule has 2 nitrogen and oxygen atoms in total. The molecule has 2 heteroatoms. The lowest BCUT2D eigenvalue weighted by atomic mass is 10.1. The molecule has 0 aliphatic heterocycles. The second-order valence-corrected chi connectivity index (χ2v) is 5.92. The van der Waals surface area contributed by atoms with E-state index < -0.39 is 0 Å². The van der Waals surface area contributed by atoms with Crippen molar-refractivity contribution in [3.05, 3.63) is 0 Å². The van der Waals surface area contributed by atoms with E-state index in [1.807, 2.05) is 6.92 Å². The van der Waals surface area contributed by atoms with Crippen LogP contribution in [0.1, 0.15) is 85.0 Å². The molecule has 0 bridgehead atoms. The van der Waals surface area contributed by atoms with Crippen LogP contribution in [-0.2, 0) is 0 Å². The van der Waals surface area contributed by atoms with Gasteiger partial charge in [0.1, 0.15) is 0 Å². The number of nitrogens with zero attached hydrogens (tertiary/aromatic N) is 1. The van der Waals surface area contributed by atoms with Crippen molar-refractivity contribution in [2.24, 2.45) is 0 Å². The molecule has 0 amide bonds. The fraction of sp³-hybridized carbons (Fsp3) is 1.00. The Bertz CT molecular complexity index is 171. The SMILES string of the molecule is CCCCCCCCCCCCN(CC)CC(C)O. The van der Waals surface area contributed by atoms with Crippen LogP contribution in [0, 0.1) is 0 Å². The van der Waals surface area contributed by atoms with Crippen LogP contribution in [0.5, 0.6) is 0 Å². The van der Waals surface area contributed by atoms with Crippen LogP contribution in [-0.4, -0.2) is 35.7 Å². The van der Waals surface area contributed by atoms with Crippen LogP contribution < -0.4 is 0 Å². The Hall–Kier alpha value is -0.0800. The van der Waals surface area contributed by atoms with Gasteiger partial charge >= 0.3 is 0 Å². The van der Waals surface area contributed by atoms with Gasteiger partial charge in [0.25, 0.3) is 0 Å². The van der Waals surface area contributed by atoms with Crippen molar-refractivity contribution in [1.29, 1.82) is 0 Å². The number of aliphatic hydroxyl groups excluding tert-OH is 1. The van der Waals surface area contributed by atoms with E-state index in [2.05, 4.69) is 18.7 Å². The number of unbranched alkanes of at least 4 members (excludes halogenated alkanes) is 9. The number of hydrogen-bond donors (Lipinski definition) is 1. The van der Waals surface area contributed by atoms with Crippen molar-refractivity contribution < 1.29 is 5.11 Å². The van der Waals surface area contributed by atoms with Gasteiger partial charge in [-0.2, -0.15) is 0 Å². The van der Waals surface area contributed by atoms with Crippen LogP contribution in [0.15, 0.2) is 0 Å². The average molecular weight is 271 g/mol. The Labute approximate surface area is 121 Å². The topological polar surface area (TPSA) is 23.5 Å². The van der Waals surface area contributed by atoms with Crippen molar-refractivity contribution >= 4 is 0 Å². The van der Waals surface area contributed by atoms with E-state index in [4.69, 9.17) is 0 Å². The second kappa shape index (κ2) is 14.3. The van der Waals surface area contributed by atoms with E-state index in [0.717, 1.165) is 19.6 Å². The molecule has 19 heavy (non-hydrogen) atoms. The first-order valence-corrected chi connectivity index (χ1v) is 8.61. The quantitative estimate of drug-likeness (QED) is 0.466. The molecule has 1 unspecified atom stereocenters. The second-order valence-electron chi connectivity index (χ2n) is 5.92. The van der Waals surface area contributed by atoms with Crippen LogP contribution >= 0.6 is 0 Å². The van der Waals surface area contributed by atoms with Crippen LogP contribution in [0.4, 0.5) is 0 Å². The molecule has 0 heterocycles. The van der Waals surface area contributed by atoms with Gasteiger partial charge in [-0.3, -0.25) is 0 Å². The molecule has 0 spiro atoms. The molecule has 0 fully saturated rings. The number of aliphatic hydroxyl groups is 1. The third-order valence-corrected chi connectivity index (χ3v) is 3.80. The molecule has 0 aliphatic carbocycles. The molecule has 0 aromatic heterocycles. The number of hydrogen-bond acceptors (Lipinski definition) is 2. The van der Waals surface area contributed by atoms with E-state index >= 15 is 0 Å². The highest BCUT2D eigenvalue weighted by Gasteiger charge is 2.05. The summed E-state index contributed by atoms with van der Waals surface area (Å²) in [5.74, 6) is 0. The summed E-state index contributed by atoms with van der Waals surface area (Å²) in [5, 5.41) is 9.37. The minimum absolute atomic E-state index is 0.192. The van der Waals surface area contributed by atoms with Gasteiger partial charge in [-0.15, -0.1) is 0 Å². The van der Waals surface area contributed by atoms with Gasteiger partial charge in [-0.05, 0) is 26.4 Å². The Morgan fingerprint density at radius 3 is 1.68 bits per heavy atom. The lowest BCUT2D eigenvalue weighted by molar-refractivity contribution is 0.128. The fourth-order valence-electron chi connectivity index (χ4n) is 2.58. The minimum Gasteiger partial charge on any atom is -0.392 e. The van der Waals surface area contributed by atoms with Gasteiger partial charge in [-0.25, -0.2) is 0 Å². The van der Waals surface area contributed by atoms with Crippen LogP contribution in [0.3, 0.4) is 0 Å². The molecular formula is C17H37NO. The highest BCUT2D eigenvalue weighted by Crippen LogP contribution is 2.10. The molecule has 0 rings (SSSR count). The third kappa shape index (κ3) is 14.1. The molecule has 0 aliphatic rings. The Morgan fingerprint density at radius 1 is 0.789 bits per heavy atom. The van der Waals surface area contributed by atoms with E-state index in [1.165, 1.54) is 64.2 Å². The first-order valence-electron chi connectivity index (χ1n) is 8.61. The van der Waals surface area contributed by atoms with Crippen molar-refractivity contribution in [1.82, 2.24) is 4.90 Å². The van der Waals surface area contributed by atoms with E-state index in [0.29, 0.717) is 0 Å². The minimum atomic E-state index is -0.192. The zero-order valence-electron chi connectivity index (χ0n) is 13.7. The summed E-state index contributed by atoms with van der Waals surface area (Å²) in [7, 11) is 0. The predicted octanol–water partition coefficient (Wildman–Crippen LogP) is 4.61. The van der Waals surface area contributed by atoms with E-state index in [1.54, 1.807) is 0 Å². The third-order valence-electron chi connectivity index (χ3n) is 3.80. The fourth-order valence-corrected chi connectivity index (χ4v) is 2.58. The van der Waals surface area contributed by atoms with Crippen molar-refractivity contribution in [2.45, 2.75) is 91.1 Å². The van der Waals surface area contributed by atoms with Crippen molar-refractivity contribution in [2.75, 3.05) is 19.6 Å². The standard InChI is InChI=1S/C17H37NO/c1-4-6-7-8-9-10-11-12-13-14-15-18(5-2)16-17(3)19/h17,19H,4-16H2,1-3H3. The summed E-state index contributed by atoms with van der Waals surface area (Å²) in [5.41, 5.74) is 0. The molecule has 116 valence electrons. The largest absolute Gasteiger partial charge is 0.392 e. The number of rotatable bonds is 14. The molecule has 1 N–H and O–H groups in total. The van der Waals surface area contributed by atoms with Gasteiger partial charge in [0, 0.05) is 6.54 Å². The molecule has 0 saturated heterocycles. The zero-order chi connectivity index (χ0) is 14.3. The van der Waals surface area contributed by atoms with E-state index in [-0.39, 0.29) is 6.10 Å². The van der Waals surface area contributed by atoms with Gasteiger partial charge in [-0.1, -0.05) is 71.6 Å². The summed E-state index contributed by atoms with van der Waals surface area (Å²) < 4.78 is 0. The molecule has 0 aromatic carbocycles. The highest BCUT2D eigenvalue weighted by atomic mass is 16.3. The summed E-state index contributed by atoms with van der Waals surface area (Å²) in [6.07, 6.45) is 13.7. The molecule has 0 saturated carbocycles. The van der Waals surface area contributed by atoms with Gasteiger partial charge in [0.15, 0.2) is 0 Å². The highest BCUT2D eigenvalue weighted by molar-refractivity contribution is 4.59. The molecular weight excluding hydrogens is 234 g/mol. The first kappa shape index (κ1) is 18.9. The van der Waals surface area contributed by atoms with Gasteiger partial charge < -0.3 is 10.0 Å². The average Bonchev–Trinajstić information content (AvgIpc) is 2.39. The molecule has 0 radical (unpaired) electrons. The Balaban J connectivity index is 3.21. The maximum atomic E-state index is 9.37. The molecule has 0 aromatic rings. The summed E-state index contributed by atoms with van der Waals surface area (Å²) in [4.78, 5) is 2.36. The van der Waals surface area contributed by atoms with Crippen LogP contribution in [0.25, 0.3) is 0 Å². The summed E-state index contributed by atoms with van der Waals surface area (Å²) in [6.45, 7) is 9.37. The molecule has 1 atom stereocenters. The predicted molar refractivity (Wildman–Crippen MR) is 85.6 cm³/mol. The lowest BCUT2D eigenvalue weighted by Crippen LogP contribution is -2.31. The maximum Gasteiger partial charge on any atom is 0.0639 e. The Kier molecular flexibility index (Phi) is 14.3. The Morgan fingerprint density at radius 2 is 1.26 bits per heavy atom. The number of likely N-dealkylation sites (N-methyl/N-ethyl adjacent to an activating group) is 1. The lowest BCUT2D eigenvalue weighted by Gasteiger charge is -2.21. The summed E-state index contributed by atoms with van der Waals surface area (Å²) in [6, 6.07) is 0. The van der Waals surface area contributed by atoms with Crippen LogP contribution in [0.2, 0.25) is 0 Å². The zero-order valence-corrected chi connectivity index (χ0v) is 13.7. The maximum absolute atomic E-state index is 9.37. The monoisotopic (exact) mass is 271 g/mol. The van der Waals surface area contributed by atoms with Gasteiger partial charge in [0.05, 0.1) is 6.10 Å². The van der Waals surface area contributed by atoms with Crippen molar-refractivity contribution in [3.8, 4) is 0 Å². The summed E-state index contributed by atoms with van der Waals surface area (Å²) >= 11 is 0. The normalized spacial score (nSPS) is 13.1.